The van der Waals surface area contributed by atoms with Crippen LogP contribution in [0.25, 0.3) is 0 Å². The van der Waals surface area contributed by atoms with Crippen LogP contribution in [0.2, 0.25) is 0 Å². The van der Waals surface area contributed by atoms with Crippen molar-refractivity contribution >= 4 is 34.6 Å². The van der Waals surface area contributed by atoms with Gasteiger partial charge in [0, 0.05) is 6.07 Å². The number of carbonyl (C=O) groups excluding carboxylic acids is 2. The molecule has 0 aliphatic carbocycles. The number of para-hydroxylation sites is 2. The highest BCUT2D eigenvalue weighted by atomic mass is 16.5. The van der Waals surface area contributed by atoms with Gasteiger partial charge in [-0.3, -0.25) is 14.6 Å². The fraction of sp³-hybridized carbons (Fsp3) is 0.192. The topological polar surface area (TPSA) is 89.5 Å². The molecule has 1 aliphatic heterocycles. The van der Waals surface area contributed by atoms with Crippen LogP contribution in [0.15, 0.2) is 71.7 Å². The summed E-state index contributed by atoms with van der Waals surface area (Å²) < 4.78 is 15.8. The zero-order chi connectivity index (χ0) is 24.1. The van der Waals surface area contributed by atoms with Crippen molar-refractivity contribution < 1.29 is 23.8 Å². The SMILES string of the molecule is COc1ccc(C2=Nc3ccccc3N(CC(=O)Nc3ccc(OC)cc3OC)C(=O)C2)cc1. The van der Waals surface area contributed by atoms with Gasteiger partial charge in [0.25, 0.3) is 0 Å². The van der Waals surface area contributed by atoms with E-state index in [-0.39, 0.29) is 24.8 Å². The lowest BCUT2D eigenvalue weighted by Gasteiger charge is -2.22. The standard InChI is InChI=1S/C26H25N3O5/c1-32-18-10-8-17(9-11-18)22-15-26(31)29(23-7-5-4-6-20(23)27-22)16-25(30)28-21-13-12-19(33-2)14-24(21)34-3/h4-14H,15-16H2,1-3H3,(H,28,30). The van der Waals surface area contributed by atoms with Gasteiger partial charge in [0.15, 0.2) is 0 Å². The molecule has 8 nitrogen and oxygen atoms in total. The molecule has 2 amide bonds. The predicted molar refractivity (Wildman–Crippen MR) is 131 cm³/mol. The van der Waals surface area contributed by atoms with Gasteiger partial charge >= 0.3 is 0 Å². The molecular formula is C26H25N3O5. The van der Waals surface area contributed by atoms with E-state index in [0.29, 0.717) is 34.3 Å². The average Bonchev–Trinajstić information content (AvgIpc) is 3.00. The van der Waals surface area contributed by atoms with Crippen LogP contribution in [-0.2, 0) is 9.59 Å². The first-order valence-electron chi connectivity index (χ1n) is 10.7. The normalized spacial score (nSPS) is 12.9. The maximum Gasteiger partial charge on any atom is 0.244 e. The van der Waals surface area contributed by atoms with Crippen molar-refractivity contribution in [2.45, 2.75) is 6.42 Å². The molecule has 1 aliphatic rings. The van der Waals surface area contributed by atoms with Gasteiger partial charge in [-0.25, -0.2) is 0 Å². The Morgan fingerprint density at radius 2 is 1.65 bits per heavy atom. The second kappa shape index (κ2) is 10.1. The second-order valence-electron chi connectivity index (χ2n) is 7.55. The van der Waals surface area contributed by atoms with Crippen LogP contribution in [0.5, 0.6) is 17.2 Å². The molecule has 0 aromatic heterocycles. The summed E-state index contributed by atoms with van der Waals surface area (Å²) in [5.74, 6) is 1.20. The molecule has 0 fully saturated rings. The smallest absolute Gasteiger partial charge is 0.244 e. The third kappa shape index (κ3) is 4.85. The van der Waals surface area contributed by atoms with E-state index in [9.17, 15) is 9.59 Å². The van der Waals surface area contributed by atoms with Gasteiger partial charge in [0.05, 0.1) is 50.5 Å². The summed E-state index contributed by atoms with van der Waals surface area (Å²) in [6.07, 6.45) is 0.0557. The number of amides is 2. The molecule has 174 valence electrons. The van der Waals surface area contributed by atoms with Crippen molar-refractivity contribution in [3.63, 3.8) is 0 Å². The Bertz CT molecular complexity index is 1240. The number of nitrogens with zero attached hydrogens (tertiary/aromatic N) is 2. The van der Waals surface area contributed by atoms with Crippen molar-refractivity contribution in [3.05, 3.63) is 72.3 Å². The number of nitrogens with one attached hydrogen (secondary N) is 1. The van der Waals surface area contributed by atoms with E-state index in [1.807, 2.05) is 42.5 Å². The van der Waals surface area contributed by atoms with E-state index in [2.05, 4.69) is 5.32 Å². The molecule has 0 unspecified atom stereocenters. The maximum absolute atomic E-state index is 13.3. The van der Waals surface area contributed by atoms with Crippen molar-refractivity contribution in [3.8, 4) is 17.2 Å². The van der Waals surface area contributed by atoms with Gasteiger partial charge in [0.2, 0.25) is 11.8 Å². The fourth-order valence-electron chi connectivity index (χ4n) is 3.70. The molecule has 0 spiro atoms. The van der Waals surface area contributed by atoms with E-state index in [1.54, 1.807) is 38.5 Å². The van der Waals surface area contributed by atoms with Gasteiger partial charge < -0.3 is 24.4 Å². The molecule has 0 saturated carbocycles. The molecular weight excluding hydrogens is 434 g/mol. The number of fused-ring (bicyclic) bond motifs is 1. The van der Waals surface area contributed by atoms with E-state index in [0.717, 1.165) is 11.3 Å². The fourth-order valence-corrected chi connectivity index (χ4v) is 3.70. The maximum atomic E-state index is 13.3. The van der Waals surface area contributed by atoms with Crippen LogP contribution < -0.4 is 24.4 Å². The summed E-state index contributed by atoms with van der Waals surface area (Å²) in [5, 5.41) is 2.82. The van der Waals surface area contributed by atoms with Gasteiger partial charge in [0.1, 0.15) is 23.8 Å². The lowest BCUT2D eigenvalue weighted by atomic mass is 10.1. The number of carbonyl (C=O) groups is 2. The summed E-state index contributed by atoms with van der Waals surface area (Å²) >= 11 is 0. The third-order valence-corrected chi connectivity index (χ3v) is 5.46. The third-order valence-electron chi connectivity index (χ3n) is 5.46. The van der Waals surface area contributed by atoms with E-state index < -0.39 is 0 Å². The largest absolute Gasteiger partial charge is 0.497 e. The first-order chi connectivity index (χ1) is 16.5. The molecule has 34 heavy (non-hydrogen) atoms. The zero-order valence-corrected chi connectivity index (χ0v) is 19.2. The summed E-state index contributed by atoms with van der Waals surface area (Å²) in [4.78, 5) is 32.4. The van der Waals surface area contributed by atoms with Crippen molar-refractivity contribution in [1.29, 1.82) is 0 Å². The molecule has 3 aromatic rings. The Morgan fingerprint density at radius 3 is 2.35 bits per heavy atom. The van der Waals surface area contributed by atoms with Gasteiger partial charge in [-0.2, -0.15) is 0 Å². The Labute approximate surface area is 197 Å². The second-order valence-corrected chi connectivity index (χ2v) is 7.55. The van der Waals surface area contributed by atoms with Gasteiger partial charge in [-0.1, -0.05) is 12.1 Å². The summed E-state index contributed by atoms with van der Waals surface area (Å²) in [6.45, 7) is -0.170. The summed E-state index contributed by atoms with van der Waals surface area (Å²) in [7, 11) is 4.66. The first-order valence-corrected chi connectivity index (χ1v) is 10.7. The minimum Gasteiger partial charge on any atom is -0.497 e. The number of benzene rings is 3. The number of anilines is 2. The van der Waals surface area contributed by atoms with Crippen molar-refractivity contribution in [1.82, 2.24) is 0 Å². The quantitative estimate of drug-likeness (QED) is 0.572. The zero-order valence-electron chi connectivity index (χ0n) is 19.2. The average molecular weight is 460 g/mol. The van der Waals surface area contributed by atoms with E-state index in [4.69, 9.17) is 19.2 Å². The number of hydrogen-bond donors (Lipinski definition) is 1. The van der Waals surface area contributed by atoms with Gasteiger partial charge in [-0.15, -0.1) is 0 Å². The number of ether oxygens (including phenoxy) is 3. The molecule has 0 bridgehead atoms. The number of hydrogen-bond acceptors (Lipinski definition) is 6. The molecule has 0 saturated heterocycles. The van der Waals surface area contributed by atoms with Gasteiger partial charge in [-0.05, 0) is 54.1 Å². The van der Waals surface area contributed by atoms with Crippen LogP contribution in [0.3, 0.4) is 0 Å². The highest BCUT2D eigenvalue weighted by molar-refractivity contribution is 6.19. The molecule has 1 heterocycles. The van der Waals surface area contributed by atoms with Crippen molar-refractivity contribution in [2.75, 3.05) is 38.1 Å². The molecule has 1 N–H and O–H groups in total. The molecule has 4 rings (SSSR count). The minimum atomic E-state index is -0.362. The van der Waals surface area contributed by atoms with E-state index >= 15 is 0 Å². The van der Waals surface area contributed by atoms with Crippen LogP contribution in [0, 0.1) is 0 Å². The monoisotopic (exact) mass is 459 g/mol. The highest BCUT2D eigenvalue weighted by Crippen LogP contribution is 2.33. The van der Waals surface area contributed by atoms with Crippen LogP contribution in [0.4, 0.5) is 17.1 Å². The minimum absolute atomic E-state index is 0.0557. The highest BCUT2D eigenvalue weighted by Gasteiger charge is 2.27. The lowest BCUT2D eigenvalue weighted by Crippen LogP contribution is -2.38. The van der Waals surface area contributed by atoms with Crippen LogP contribution in [0.1, 0.15) is 12.0 Å². The van der Waals surface area contributed by atoms with Crippen molar-refractivity contribution in [2.24, 2.45) is 4.99 Å². The summed E-state index contributed by atoms with van der Waals surface area (Å²) in [6, 6.07) is 19.8. The number of methoxy groups -OCH3 is 3. The molecule has 3 aromatic carbocycles. The van der Waals surface area contributed by atoms with E-state index in [1.165, 1.54) is 12.0 Å². The number of aliphatic imine (C=N–C) groups is 1. The lowest BCUT2D eigenvalue weighted by molar-refractivity contribution is -0.120. The molecule has 0 atom stereocenters. The Kier molecular flexibility index (Phi) is 6.77. The van der Waals surface area contributed by atoms with Crippen LogP contribution >= 0.6 is 0 Å². The Balaban J connectivity index is 1.58. The molecule has 8 heteroatoms. The predicted octanol–water partition coefficient (Wildman–Crippen LogP) is 4.21. The molecule has 0 radical (unpaired) electrons. The summed E-state index contributed by atoms with van der Waals surface area (Å²) in [5.41, 5.74) is 3.12. The Morgan fingerprint density at radius 1 is 0.941 bits per heavy atom. The Hall–Kier alpha value is -4.33. The first kappa shape index (κ1) is 22.8. The number of rotatable bonds is 7. The van der Waals surface area contributed by atoms with Crippen LogP contribution in [-0.4, -0.2) is 45.4 Å².